The van der Waals surface area contributed by atoms with Crippen molar-refractivity contribution < 1.29 is 10.6 Å². The van der Waals surface area contributed by atoms with Crippen LogP contribution in [0.3, 0.4) is 0 Å². The van der Waals surface area contributed by atoms with Crippen molar-refractivity contribution in [2.24, 2.45) is 0 Å². The minimum atomic E-state index is -0.412. The van der Waals surface area contributed by atoms with E-state index in [1.54, 1.807) is 0 Å². The molecule has 1 atom stereocenters. The van der Waals surface area contributed by atoms with Gasteiger partial charge in [0.05, 0.1) is 18.6 Å². The first-order valence-corrected chi connectivity index (χ1v) is 2.36. The van der Waals surface area contributed by atoms with Crippen LogP contribution in [0.1, 0.15) is 19.8 Å². The van der Waals surface area contributed by atoms with E-state index in [9.17, 15) is 0 Å². The fourth-order valence-corrected chi connectivity index (χ4v) is 0.250. The zero-order chi connectivity index (χ0) is 5.70. The maximum absolute atomic E-state index is 8.64. The van der Waals surface area contributed by atoms with Crippen molar-refractivity contribution in [3.8, 4) is 6.07 Å². The smallest absolute Gasteiger partial charge is 0.0667 e. The molecule has 0 aromatic carbocycles. The summed E-state index contributed by atoms with van der Waals surface area (Å²) < 4.78 is 0. The highest BCUT2D eigenvalue weighted by molar-refractivity contribution is 4.73. The molecule has 0 aliphatic rings. The average Bonchev–Trinajstić information content (AvgIpc) is 1.68. The monoisotopic (exact) mass is 117 g/mol. The highest BCUT2D eigenvalue weighted by Gasteiger charge is 1.95. The van der Waals surface area contributed by atoms with Crippen LogP contribution in [0.2, 0.25) is 0 Å². The lowest BCUT2D eigenvalue weighted by molar-refractivity contribution is 0.175. The van der Waals surface area contributed by atoms with E-state index in [4.69, 9.17) is 10.4 Å². The van der Waals surface area contributed by atoms with Gasteiger partial charge in [0.1, 0.15) is 0 Å². The molecule has 0 spiro atoms. The summed E-state index contributed by atoms with van der Waals surface area (Å²) in [5.41, 5.74) is 0. The molecule has 48 valence electrons. The van der Waals surface area contributed by atoms with E-state index in [1.807, 2.05) is 13.0 Å². The summed E-state index contributed by atoms with van der Waals surface area (Å²) in [5.74, 6) is 0. The van der Waals surface area contributed by atoms with Crippen LogP contribution < -0.4 is 0 Å². The molecule has 0 radical (unpaired) electrons. The molecule has 0 saturated heterocycles. The van der Waals surface area contributed by atoms with Crippen LogP contribution in [0, 0.1) is 11.3 Å². The van der Waals surface area contributed by atoms with Crippen LogP contribution in [-0.2, 0) is 0 Å². The third kappa shape index (κ3) is 5.41. The zero-order valence-electron chi connectivity index (χ0n) is 4.89. The van der Waals surface area contributed by atoms with Crippen LogP contribution >= 0.6 is 0 Å². The largest absolute Gasteiger partial charge is 0.412 e. The minimum absolute atomic E-state index is 0. The first kappa shape index (κ1) is 10.4. The van der Waals surface area contributed by atoms with Crippen molar-refractivity contribution in [3.63, 3.8) is 0 Å². The Morgan fingerprint density at radius 1 is 1.75 bits per heavy atom. The molecule has 0 rings (SSSR count). The third-order valence-electron chi connectivity index (χ3n) is 0.798. The molecule has 0 heterocycles. The Kier molecular flexibility index (Phi) is 8.34. The highest BCUT2D eigenvalue weighted by atomic mass is 16.3. The Hall–Kier alpha value is -0.590. The van der Waals surface area contributed by atoms with Crippen LogP contribution in [-0.4, -0.2) is 16.7 Å². The fourth-order valence-electron chi connectivity index (χ4n) is 0.250. The Morgan fingerprint density at radius 2 is 2.25 bits per heavy atom. The van der Waals surface area contributed by atoms with Gasteiger partial charge in [-0.2, -0.15) is 5.26 Å². The molecule has 0 aromatic heterocycles. The third-order valence-corrected chi connectivity index (χ3v) is 0.798. The van der Waals surface area contributed by atoms with Crippen LogP contribution in [0.25, 0.3) is 0 Å². The lowest BCUT2D eigenvalue weighted by Crippen LogP contribution is -2.00. The summed E-state index contributed by atoms with van der Waals surface area (Å²) in [5, 5.41) is 16.6. The van der Waals surface area contributed by atoms with E-state index >= 15 is 0 Å². The van der Waals surface area contributed by atoms with Crippen molar-refractivity contribution in [1.29, 1.82) is 5.26 Å². The summed E-state index contributed by atoms with van der Waals surface area (Å²) in [6, 6.07) is 1.87. The Bertz CT molecular complexity index is 77.0. The standard InChI is InChI=1S/C5H9NO.H2O/c1-2-5(7)3-4-6;/h5,7H,2-3H2,1H3;1H2. The molecule has 0 aromatic rings. The molecule has 0 aliphatic carbocycles. The van der Waals surface area contributed by atoms with E-state index in [0.717, 1.165) is 0 Å². The number of hydrogen-bond acceptors (Lipinski definition) is 2. The number of hydrogen-bond donors (Lipinski definition) is 1. The number of aliphatic hydroxyl groups excluding tert-OH is 1. The van der Waals surface area contributed by atoms with Crippen molar-refractivity contribution >= 4 is 0 Å². The predicted molar refractivity (Wildman–Crippen MR) is 30.1 cm³/mol. The Morgan fingerprint density at radius 3 is 2.38 bits per heavy atom. The summed E-state index contributed by atoms with van der Waals surface area (Å²) in [4.78, 5) is 0. The first-order chi connectivity index (χ1) is 3.31. The number of nitrogens with zero attached hydrogens (tertiary/aromatic N) is 1. The van der Waals surface area contributed by atoms with Gasteiger partial charge in [0, 0.05) is 0 Å². The van der Waals surface area contributed by atoms with Gasteiger partial charge in [-0.25, -0.2) is 0 Å². The van der Waals surface area contributed by atoms with Gasteiger partial charge in [-0.3, -0.25) is 0 Å². The molecular formula is C5H11NO2. The lowest BCUT2D eigenvalue weighted by Gasteiger charge is -1.96. The van der Waals surface area contributed by atoms with Gasteiger partial charge >= 0.3 is 0 Å². The van der Waals surface area contributed by atoms with Gasteiger partial charge < -0.3 is 10.6 Å². The van der Waals surface area contributed by atoms with E-state index < -0.39 is 6.10 Å². The van der Waals surface area contributed by atoms with E-state index in [0.29, 0.717) is 6.42 Å². The van der Waals surface area contributed by atoms with E-state index in [1.165, 1.54) is 0 Å². The summed E-state index contributed by atoms with van der Waals surface area (Å²) in [7, 11) is 0. The SMILES string of the molecule is CCC(O)CC#N.O. The Balaban J connectivity index is 0. The molecule has 0 saturated carbocycles. The molecule has 0 aliphatic heterocycles. The second-order valence-electron chi connectivity index (χ2n) is 1.42. The average molecular weight is 117 g/mol. The van der Waals surface area contributed by atoms with Gasteiger partial charge in [0.2, 0.25) is 0 Å². The molecule has 1 unspecified atom stereocenters. The van der Waals surface area contributed by atoms with Crippen LogP contribution in [0.4, 0.5) is 0 Å². The normalized spacial score (nSPS) is 11.1. The number of aliphatic hydroxyl groups is 1. The molecule has 0 bridgehead atoms. The second kappa shape index (κ2) is 6.41. The van der Waals surface area contributed by atoms with Crippen molar-refractivity contribution in [2.45, 2.75) is 25.9 Å². The number of rotatable bonds is 2. The van der Waals surface area contributed by atoms with Gasteiger partial charge in [-0.15, -0.1) is 0 Å². The van der Waals surface area contributed by atoms with Gasteiger partial charge in [-0.1, -0.05) is 6.92 Å². The lowest BCUT2D eigenvalue weighted by atomic mass is 10.2. The molecule has 0 amide bonds. The van der Waals surface area contributed by atoms with Gasteiger partial charge in [0.25, 0.3) is 0 Å². The summed E-state index contributed by atoms with van der Waals surface area (Å²) in [6.07, 6.45) is 0.523. The maximum Gasteiger partial charge on any atom is 0.0667 e. The number of nitriles is 1. The summed E-state index contributed by atoms with van der Waals surface area (Å²) >= 11 is 0. The fraction of sp³-hybridized carbons (Fsp3) is 0.800. The van der Waals surface area contributed by atoms with Crippen LogP contribution in [0.5, 0.6) is 0 Å². The Labute approximate surface area is 48.9 Å². The molecule has 3 N–H and O–H groups in total. The van der Waals surface area contributed by atoms with Crippen LogP contribution in [0.15, 0.2) is 0 Å². The highest BCUT2D eigenvalue weighted by Crippen LogP contribution is 1.92. The van der Waals surface area contributed by atoms with Crippen molar-refractivity contribution in [1.82, 2.24) is 0 Å². The predicted octanol–water partition coefficient (Wildman–Crippen LogP) is -0.154. The van der Waals surface area contributed by atoms with Gasteiger partial charge in [-0.05, 0) is 6.42 Å². The maximum atomic E-state index is 8.64. The quantitative estimate of drug-likeness (QED) is 0.546. The molecule has 3 heteroatoms. The van der Waals surface area contributed by atoms with E-state index in [2.05, 4.69) is 0 Å². The molecule has 3 nitrogen and oxygen atoms in total. The molecule has 0 fully saturated rings. The minimum Gasteiger partial charge on any atom is -0.412 e. The zero-order valence-corrected chi connectivity index (χ0v) is 4.89. The summed E-state index contributed by atoms with van der Waals surface area (Å²) in [6.45, 7) is 1.85. The first-order valence-electron chi connectivity index (χ1n) is 2.36. The van der Waals surface area contributed by atoms with Gasteiger partial charge in [0.15, 0.2) is 0 Å². The van der Waals surface area contributed by atoms with Crippen molar-refractivity contribution in [3.05, 3.63) is 0 Å². The topological polar surface area (TPSA) is 75.5 Å². The van der Waals surface area contributed by atoms with E-state index in [-0.39, 0.29) is 11.9 Å². The van der Waals surface area contributed by atoms with Crippen molar-refractivity contribution in [2.75, 3.05) is 0 Å². The second-order valence-corrected chi connectivity index (χ2v) is 1.42. The molecular weight excluding hydrogens is 106 g/mol. The molecule has 8 heavy (non-hydrogen) atoms.